The van der Waals surface area contributed by atoms with E-state index in [-0.39, 0.29) is 11.6 Å². The van der Waals surface area contributed by atoms with Crippen LogP contribution in [0.25, 0.3) is 0 Å². The topological polar surface area (TPSA) is 93.2 Å². The Balaban J connectivity index is 2.31. The third-order valence-corrected chi connectivity index (χ3v) is 3.46. The average Bonchev–Trinajstić information content (AvgIpc) is 2.60. The Morgan fingerprint density at radius 3 is 2.76 bits per heavy atom. The minimum Gasteiger partial charge on any atom is -0.465 e. The van der Waals surface area contributed by atoms with Crippen LogP contribution in [0.1, 0.15) is 26.7 Å². The Morgan fingerprint density at radius 2 is 2.08 bits per heavy atom. The monoisotopic (exact) mass is 360 g/mol. The van der Waals surface area contributed by atoms with Crippen LogP contribution in [-0.2, 0) is 4.74 Å². The maximum Gasteiger partial charge on any atom is 0.337 e. The standard InChI is InChI=1S/C17H17ClN4O3/c1-4-7-19-16(23)14-9-15(21-10(2)20-14)22-13-8-11(17(24)25-3)5-6-12(13)18/h4-6,8-9H,1,7H2,2-3H3,(H,19,23)(H,20,21,22). The number of hydrogen-bond acceptors (Lipinski definition) is 6. The molecule has 0 bridgehead atoms. The highest BCUT2D eigenvalue weighted by molar-refractivity contribution is 6.33. The number of nitrogens with one attached hydrogen (secondary N) is 2. The van der Waals surface area contributed by atoms with E-state index in [0.717, 1.165) is 0 Å². The summed E-state index contributed by atoms with van der Waals surface area (Å²) in [6, 6.07) is 6.16. The molecule has 0 radical (unpaired) electrons. The fraction of sp³-hybridized carbons (Fsp3) is 0.176. The number of hydrogen-bond donors (Lipinski definition) is 2. The number of aromatic nitrogens is 2. The molecule has 7 nitrogen and oxygen atoms in total. The summed E-state index contributed by atoms with van der Waals surface area (Å²) in [5.74, 6) is -0.0416. The first-order valence-corrected chi connectivity index (χ1v) is 7.72. The number of rotatable bonds is 6. The maximum absolute atomic E-state index is 12.0. The Hall–Kier alpha value is -2.93. The summed E-state index contributed by atoms with van der Waals surface area (Å²) >= 11 is 6.16. The third-order valence-electron chi connectivity index (χ3n) is 3.13. The van der Waals surface area contributed by atoms with Gasteiger partial charge >= 0.3 is 5.97 Å². The lowest BCUT2D eigenvalue weighted by Crippen LogP contribution is -2.24. The maximum atomic E-state index is 12.0. The van der Waals surface area contributed by atoms with E-state index in [4.69, 9.17) is 16.3 Å². The van der Waals surface area contributed by atoms with Crippen LogP contribution in [0.4, 0.5) is 11.5 Å². The van der Waals surface area contributed by atoms with Gasteiger partial charge in [-0.2, -0.15) is 0 Å². The van der Waals surface area contributed by atoms with Crippen molar-refractivity contribution in [3.63, 3.8) is 0 Å². The summed E-state index contributed by atoms with van der Waals surface area (Å²) < 4.78 is 4.69. The van der Waals surface area contributed by atoms with Gasteiger partial charge in [-0.25, -0.2) is 14.8 Å². The molecule has 0 unspecified atom stereocenters. The van der Waals surface area contributed by atoms with Gasteiger partial charge in [0.15, 0.2) is 0 Å². The smallest absolute Gasteiger partial charge is 0.337 e. The Labute approximate surface area is 150 Å². The molecule has 1 aromatic carbocycles. The number of aryl methyl sites for hydroxylation is 1. The molecule has 0 spiro atoms. The van der Waals surface area contributed by atoms with E-state index in [2.05, 4.69) is 27.2 Å². The summed E-state index contributed by atoms with van der Waals surface area (Å²) in [4.78, 5) is 32.0. The quantitative estimate of drug-likeness (QED) is 0.607. The second kappa shape index (κ2) is 8.25. The van der Waals surface area contributed by atoms with Gasteiger partial charge in [-0.05, 0) is 25.1 Å². The predicted molar refractivity (Wildman–Crippen MR) is 95.4 cm³/mol. The molecule has 1 aromatic heterocycles. The van der Waals surface area contributed by atoms with Crippen LogP contribution in [-0.4, -0.2) is 35.5 Å². The van der Waals surface area contributed by atoms with Crippen LogP contribution >= 0.6 is 11.6 Å². The number of benzene rings is 1. The van der Waals surface area contributed by atoms with Crippen molar-refractivity contribution in [3.8, 4) is 0 Å². The van der Waals surface area contributed by atoms with Crippen molar-refractivity contribution in [1.82, 2.24) is 15.3 Å². The zero-order valence-corrected chi connectivity index (χ0v) is 14.6. The lowest BCUT2D eigenvalue weighted by molar-refractivity contribution is 0.0600. The van der Waals surface area contributed by atoms with Gasteiger partial charge in [-0.15, -0.1) is 6.58 Å². The zero-order valence-electron chi connectivity index (χ0n) is 13.8. The minimum atomic E-state index is -0.483. The van der Waals surface area contributed by atoms with Gasteiger partial charge < -0.3 is 15.4 Å². The molecule has 2 aromatic rings. The van der Waals surface area contributed by atoms with Crippen molar-refractivity contribution >= 4 is 35.0 Å². The number of nitrogens with zero attached hydrogens (tertiary/aromatic N) is 2. The number of carbonyl (C=O) groups excluding carboxylic acids is 2. The summed E-state index contributed by atoms with van der Waals surface area (Å²) in [7, 11) is 1.30. The van der Waals surface area contributed by atoms with Crippen LogP contribution in [0.15, 0.2) is 36.9 Å². The highest BCUT2D eigenvalue weighted by atomic mass is 35.5. The van der Waals surface area contributed by atoms with Gasteiger partial charge in [-0.1, -0.05) is 17.7 Å². The van der Waals surface area contributed by atoms with E-state index in [1.54, 1.807) is 31.2 Å². The second-order valence-electron chi connectivity index (χ2n) is 5.00. The van der Waals surface area contributed by atoms with E-state index < -0.39 is 5.97 Å². The van der Waals surface area contributed by atoms with Crippen LogP contribution in [0.5, 0.6) is 0 Å². The molecule has 0 saturated carbocycles. The summed E-state index contributed by atoms with van der Waals surface area (Å²) in [5.41, 5.74) is 1.00. The van der Waals surface area contributed by atoms with E-state index in [1.807, 2.05) is 0 Å². The Kier molecular flexibility index (Phi) is 6.08. The Morgan fingerprint density at radius 1 is 1.32 bits per heavy atom. The van der Waals surface area contributed by atoms with Crippen molar-refractivity contribution in [3.05, 3.63) is 59.0 Å². The number of anilines is 2. The van der Waals surface area contributed by atoms with E-state index >= 15 is 0 Å². The first-order valence-electron chi connectivity index (χ1n) is 7.34. The highest BCUT2D eigenvalue weighted by Gasteiger charge is 2.13. The second-order valence-corrected chi connectivity index (χ2v) is 5.40. The van der Waals surface area contributed by atoms with Gasteiger partial charge in [0.2, 0.25) is 0 Å². The highest BCUT2D eigenvalue weighted by Crippen LogP contribution is 2.26. The van der Waals surface area contributed by atoms with Crippen LogP contribution in [0.2, 0.25) is 5.02 Å². The molecular weight excluding hydrogens is 344 g/mol. The molecular formula is C17H17ClN4O3. The normalized spacial score (nSPS) is 10.0. The van der Waals surface area contributed by atoms with Crippen molar-refractivity contribution in [2.75, 3.05) is 19.0 Å². The fourth-order valence-corrected chi connectivity index (χ4v) is 2.17. The van der Waals surface area contributed by atoms with E-state index in [0.29, 0.717) is 34.5 Å². The van der Waals surface area contributed by atoms with Crippen molar-refractivity contribution in [2.45, 2.75) is 6.92 Å². The summed E-state index contributed by atoms with van der Waals surface area (Å²) in [6.45, 7) is 5.54. The van der Waals surface area contributed by atoms with E-state index in [9.17, 15) is 9.59 Å². The molecule has 0 aliphatic carbocycles. The molecule has 2 rings (SSSR count). The summed E-state index contributed by atoms with van der Waals surface area (Å²) in [5, 5.41) is 6.03. The minimum absolute atomic E-state index is 0.206. The van der Waals surface area contributed by atoms with Gasteiger partial charge in [-0.3, -0.25) is 4.79 Å². The number of methoxy groups -OCH3 is 1. The zero-order chi connectivity index (χ0) is 18.4. The van der Waals surface area contributed by atoms with Crippen LogP contribution in [0, 0.1) is 6.92 Å². The number of ether oxygens (including phenoxy) is 1. The Bertz CT molecular complexity index is 824. The molecule has 0 aliphatic rings. The molecule has 0 fully saturated rings. The number of esters is 1. The first kappa shape index (κ1) is 18.4. The number of carbonyl (C=O) groups is 2. The lowest BCUT2D eigenvalue weighted by Gasteiger charge is -2.11. The average molecular weight is 361 g/mol. The van der Waals surface area contributed by atoms with Crippen molar-refractivity contribution in [2.24, 2.45) is 0 Å². The third kappa shape index (κ3) is 4.77. The van der Waals surface area contributed by atoms with Crippen LogP contribution < -0.4 is 10.6 Å². The largest absolute Gasteiger partial charge is 0.465 e. The molecule has 0 saturated heterocycles. The molecule has 0 aliphatic heterocycles. The van der Waals surface area contributed by atoms with Gasteiger partial charge in [0.25, 0.3) is 5.91 Å². The molecule has 8 heteroatoms. The van der Waals surface area contributed by atoms with E-state index in [1.165, 1.54) is 13.2 Å². The van der Waals surface area contributed by atoms with Gasteiger partial charge in [0.1, 0.15) is 17.3 Å². The predicted octanol–water partition coefficient (Wildman–Crippen LogP) is 2.88. The summed E-state index contributed by atoms with van der Waals surface area (Å²) in [6.07, 6.45) is 1.57. The first-order chi connectivity index (χ1) is 11.9. The number of halogens is 1. The van der Waals surface area contributed by atoms with Gasteiger partial charge in [0, 0.05) is 12.6 Å². The molecule has 0 atom stereocenters. The molecule has 1 amide bonds. The number of amides is 1. The molecule has 2 N–H and O–H groups in total. The molecule has 25 heavy (non-hydrogen) atoms. The van der Waals surface area contributed by atoms with Crippen molar-refractivity contribution in [1.29, 1.82) is 0 Å². The lowest BCUT2D eigenvalue weighted by atomic mass is 10.2. The fourth-order valence-electron chi connectivity index (χ4n) is 2.01. The van der Waals surface area contributed by atoms with Crippen LogP contribution in [0.3, 0.4) is 0 Å². The molecule has 1 heterocycles. The SMILES string of the molecule is C=CCNC(=O)c1cc(Nc2cc(C(=O)OC)ccc2Cl)nc(C)n1. The van der Waals surface area contributed by atoms with Gasteiger partial charge in [0.05, 0.1) is 23.4 Å². The molecule has 130 valence electrons. The van der Waals surface area contributed by atoms with Crippen molar-refractivity contribution < 1.29 is 14.3 Å².